The highest BCUT2D eigenvalue weighted by Gasteiger charge is 2.25. The number of hydrogen-bond acceptors (Lipinski definition) is 6. The molecular formula is C17H21N7. The molecular weight excluding hydrogens is 302 g/mol. The highest BCUT2D eigenvalue weighted by Crippen LogP contribution is 2.27. The van der Waals surface area contributed by atoms with Crippen LogP contribution in [0.1, 0.15) is 12.0 Å². The molecule has 1 saturated heterocycles. The molecule has 1 fully saturated rings. The fourth-order valence-electron chi connectivity index (χ4n) is 3.28. The molecule has 0 saturated carbocycles. The predicted molar refractivity (Wildman–Crippen MR) is 94.1 cm³/mol. The third kappa shape index (κ3) is 2.77. The van der Waals surface area contributed by atoms with Crippen LogP contribution in [0.4, 0.5) is 11.6 Å². The molecule has 3 aromatic heterocycles. The van der Waals surface area contributed by atoms with Gasteiger partial charge in [-0.15, -0.1) is 0 Å². The van der Waals surface area contributed by atoms with Gasteiger partial charge in [-0.1, -0.05) is 0 Å². The summed E-state index contributed by atoms with van der Waals surface area (Å²) in [5.74, 6) is 2.52. The smallest absolute Gasteiger partial charge is 0.163 e. The van der Waals surface area contributed by atoms with E-state index < -0.39 is 0 Å². The van der Waals surface area contributed by atoms with E-state index in [-0.39, 0.29) is 0 Å². The van der Waals surface area contributed by atoms with Crippen LogP contribution in [-0.2, 0) is 7.05 Å². The average Bonchev–Trinajstić information content (AvgIpc) is 3.20. The van der Waals surface area contributed by atoms with Gasteiger partial charge in [0.2, 0.25) is 0 Å². The minimum absolute atomic E-state index is 0.578. The third-order valence-electron chi connectivity index (χ3n) is 4.58. The van der Waals surface area contributed by atoms with Crippen LogP contribution in [0.3, 0.4) is 0 Å². The van der Waals surface area contributed by atoms with Crippen molar-refractivity contribution in [2.24, 2.45) is 13.0 Å². The first-order valence-electron chi connectivity index (χ1n) is 8.25. The van der Waals surface area contributed by atoms with E-state index in [2.05, 4.69) is 43.3 Å². The summed E-state index contributed by atoms with van der Waals surface area (Å²) in [7, 11) is 1.91. The van der Waals surface area contributed by atoms with Gasteiger partial charge in [0.15, 0.2) is 5.65 Å². The normalized spacial score (nSPS) is 17.6. The number of fused-ring (bicyclic) bond motifs is 1. The molecule has 0 radical (unpaired) electrons. The van der Waals surface area contributed by atoms with Gasteiger partial charge in [-0.2, -0.15) is 5.10 Å². The number of aromatic nitrogens is 5. The van der Waals surface area contributed by atoms with Crippen molar-refractivity contribution in [2.45, 2.75) is 13.3 Å². The van der Waals surface area contributed by atoms with Crippen LogP contribution in [0.25, 0.3) is 11.0 Å². The highest BCUT2D eigenvalue weighted by molar-refractivity contribution is 5.86. The molecule has 0 amide bonds. The van der Waals surface area contributed by atoms with Crippen LogP contribution in [0.2, 0.25) is 0 Å². The summed E-state index contributed by atoms with van der Waals surface area (Å²) in [6.45, 7) is 5.00. The Morgan fingerprint density at radius 1 is 1.29 bits per heavy atom. The standard InChI is InChI=1S/C17H21N7/c1-12-3-5-18-15(7-12)19-8-13-4-6-24(10-13)17-14-9-22-23(2)16(14)20-11-21-17/h3,5,7,9,11,13H,4,6,8,10H2,1-2H3,(H,18,19). The summed E-state index contributed by atoms with van der Waals surface area (Å²) >= 11 is 0. The van der Waals surface area contributed by atoms with Crippen LogP contribution in [0.5, 0.6) is 0 Å². The van der Waals surface area contributed by atoms with Gasteiger partial charge < -0.3 is 10.2 Å². The molecule has 4 heterocycles. The number of rotatable bonds is 4. The molecule has 0 aliphatic carbocycles. The lowest BCUT2D eigenvalue weighted by Crippen LogP contribution is -2.23. The summed E-state index contributed by atoms with van der Waals surface area (Å²) in [5.41, 5.74) is 2.10. The maximum absolute atomic E-state index is 4.50. The number of anilines is 2. The van der Waals surface area contributed by atoms with Gasteiger partial charge in [-0.25, -0.2) is 15.0 Å². The number of nitrogens with zero attached hydrogens (tertiary/aromatic N) is 6. The Morgan fingerprint density at radius 3 is 3.08 bits per heavy atom. The van der Waals surface area contributed by atoms with E-state index in [0.717, 1.165) is 48.7 Å². The van der Waals surface area contributed by atoms with E-state index >= 15 is 0 Å². The second-order valence-corrected chi connectivity index (χ2v) is 6.40. The van der Waals surface area contributed by atoms with Gasteiger partial charge in [0, 0.05) is 32.9 Å². The molecule has 1 atom stereocenters. The molecule has 4 rings (SSSR count). The zero-order chi connectivity index (χ0) is 16.5. The van der Waals surface area contributed by atoms with Crippen molar-refractivity contribution in [1.29, 1.82) is 0 Å². The van der Waals surface area contributed by atoms with Gasteiger partial charge in [0.25, 0.3) is 0 Å². The quantitative estimate of drug-likeness (QED) is 0.792. The SMILES string of the molecule is Cc1ccnc(NCC2CCN(c3ncnc4c3cnn4C)C2)c1. The minimum atomic E-state index is 0.578. The Kier molecular flexibility index (Phi) is 3.76. The lowest BCUT2D eigenvalue weighted by atomic mass is 10.1. The van der Waals surface area contributed by atoms with Crippen molar-refractivity contribution in [1.82, 2.24) is 24.7 Å². The predicted octanol–water partition coefficient (Wildman–Crippen LogP) is 2.01. The highest BCUT2D eigenvalue weighted by atomic mass is 15.3. The van der Waals surface area contributed by atoms with Crippen molar-refractivity contribution < 1.29 is 0 Å². The summed E-state index contributed by atoms with van der Waals surface area (Å²) in [5, 5.41) is 8.77. The van der Waals surface area contributed by atoms with Crippen LogP contribution < -0.4 is 10.2 Å². The lowest BCUT2D eigenvalue weighted by Gasteiger charge is -2.18. The first-order chi connectivity index (χ1) is 11.7. The Balaban J connectivity index is 1.44. The van der Waals surface area contributed by atoms with E-state index in [1.165, 1.54) is 5.56 Å². The fourth-order valence-corrected chi connectivity index (χ4v) is 3.28. The van der Waals surface area contributed by atoms with Crippen molar-refractivity contribution in [2.75, 3.05) is 29.9 Å². The van der Waals surface area contributed by atoms with Gasteiger partial charge >= 0.3 is 0 Å². The first-order valence-corrected chi connectivity index (χ1v) is 8.25. The second-order valence-electron chi connectivity index (χ2n) is 6.40. The van der Waals surface area contributed by atoms with Crippen LogP contribution in [-0.4, -0.2) is 44.4 Å². The molecule has 7 nitrogen and oxygen atoms in total. The van der Waals surface area contributed by atoms with Gasteiger partial charge in [-0.05, 0) is 37.0 Å². The zero-order valence-corrected chi connectivity index (χ0v) is 14.0. The van der Waals surface area contributed by atoms with Gasteiger partial charge in [-0.3, -0.25) is 4.68 Å². The molecule has 1 N–H and O–H groups in total. The Bertz CT molecular complexity index is 857. The Hall–Kier alpha value is -2.70. The van der Waals surface area contributed by atoms with E-state index in [1.807, 2.05) is 25.5 Å². The third-order valence-corrected chi connectivity index (χ3v) is 4.58. The fraction of sp³-hybridized carbons (Fsp3) is 0.412. The van der Waals surface area contributed by atoms with Crippen LogP contribution in [0, 0.1) is 12.8 Å². The number of hydrogen-bond donors (Lipinski definition) is 1. The Morgan fingerprint density at radius 2 is 2.21 bits per heavy atom. The van der Waals surface area contributed by atoms with Crippen LogP contribution >= 0.6 is 0 Å². The summed E-state index contributed by atoms with van der Waals surface area (Å²) in [6.07, 6.45) is 6.47. The molecule has 0 spiro atoms. The van der Waals surface area contributed by atoms with E-state index in [0.29, 0.717) is 5.92 Å². The molecule has 1 unspecified atom stereocenters. The monoisotopic (exact) mass is 323 g/mol. The van der Waals surface area contributed by atoms with Crippen molar-refractivity contribution in [3.8, 4) is 0 Å². The number of nitrogens with one attached hydrogen (secondary N) is 1. The number of aryl methyl sites for hydroxylation is 2. The Labute approximate surface area is 140 Å². The molecule has 124 valence electrons. The van der Waals surface area contributed by atoms with E-state index in [4.69, 9.17) is 0 Å². The topological polar surface area (TPSA) is 71.8 Å². The van der Waals surface area contributed by atoms with Crippen molar-refractivity contribution in [3.05, 3.63) is 36.4 Å². The number of pyridine rings is 1. The molecule has 0 aromatic carbocycles. The molecule has 1 aliphatic heterocycles. The van der Waals surface area contributed by atoms with E-state index in [9.17, 15) is 0 Å². The first kappa shape index (κ1) is 14.9. The molecule has 24 heavy (non-hydrogen) atoms. The summed E-state index contributed by atoms with van der Waals surface area (Å²) in [6, 6.07) is 4.09. The maximum Gasteiger partial charge on any atom is 0.163 e. The minimum Gasteiger partial charge on any atom is -0.370 e. The molecule has 7 heteroatoms. The average molecular weight is 323 g/mol. The lowest BCUT2D eigenvalue weighted by molar-refractivity contribution is 0.621. The van der Waals surface area contributed by atoms with Crippen molar-refractivity contribution in [3.63, 3.8) is 0 Å². The molecule has 0 bridgehead atoms. The maximum atomic E-state index is 4.50. The van der Waals surface area contributed by atoms with Gasteiger partial charge in [0.05, 0.1) is 11.6 Å². The summed E-state index contributed by atoms with van der Waals surface area (Å²) < 4.78 is 1.79. The van der Waals surface area contributed by atoms with Crippen LogP contribution in [0.15, 0.2) is 30.9 Å². The largest absolute Gasteiger partial charge is 0.370 e. The van der Waals surface area contributed by atoms with Crippen molar-refractivity contribution >= 4 is 22.7 Å². The second kappa shape index (κ2) is 6.07. The summed E-state index contributed by atoms with van der Waals surface area (Å²) in [4.78, 5) is 15.5. The zero-order valence-electron chi connectivity index (χ0n) is 14.0. The molecule has 1 aliphatic rings. The van der Waals surface area contributed by atoms with Gasteiger partial charge in [0.1, 0.15) is 18.0 Å². The van der Waals surface area contributed by atoms with E-state index in [1.54, 1.807) is 11.0 Å². The molecule has 3 aromatic rings.